The second kappa shape index (κ2) is 7.81. The highest BCUT2D eigenvalue weighted by atomic mass is 16.5. The zero-order valence-corrected chi connectivity index (χ0v) is 13.8. The Morgan fingerprint density at radius 1 is 1.29 bits per heavy atom. The third-order valence-corrected chi connectivity index (χ3v) is 4.23. The van der Waals surface area contributed by atoms with Crippen LogP contribution < -0.4 is 10.2 Å². The van der Waals surface area contributed by atoms with Gasteiger partial charge in [0.25, 0.3) is 0 Å². The minimum absolute atomic E-state index is 0.234. The Balaban J connectivity index is 1.98. The largest absolute Gasteiger partial charge is 0.381 e. The average Bonchev–Trinajstić information content (AvgIpc) is 2.48. The number of anilines is 1. The molecule has 0 aliphatic carbocycles. The van der Waals surface area contributed by atoms with Crippen LogP contribution in [0.3, 0.4) is 0 Å². The maximum atomic E-state index is 5.81. The molecular weight excluding hydrogens is 260 g/mol. The maximum absolute atomic E-state index is 5.81. The van der Waals surface area contributed by atoms with Gasteiger partial charge in [-0.1, -0.05) is 32.0 Å². The molecule has 1 aliphatic rings. The van der Waals surface area contributed by atoms with Crippen molar-refractivity contribution in [2.24, 2.45) is 11.3 Å². The molecule has 1 aliphatic heterocycles. The maximum Gasteiger partial charge on any atom is 0.0551 e. The predicted octanol–water partition coefficient (Wildman–Crippen LogP) is 3.17. The Bertz CT molecular complexity index is 399. The van der Waals surface area contributed by atoms with Crippen LogP contribution >= 0.6 is 0 Å². The fourth-order valence-corrected chi connectivity index (χ4v) is 3.13. The molecule has 1 heterocycles. The van der Waals surface area contributed by atoms with Gasteiger partial charge in [-0.2, -0.15) is 0 Å². The van der Waals surface area contributed by atoms with Crippen molar-refractivity contribution in [1.82, 2.24) is 5.32 Å². The standard InChI is InChI=1S/C18H30N2O/c1-16(2)12-19-13-18(10-7-11-21-15-18)14-20(3)17-8-5-4-6-9-17/h4-6,8-9,16,19H,7,10-15H2,1-3H3. The highest BCUT2D eigenvalue weighted by Gasteiger charge is 2.34. The number of hydrogen-bond acceptors (Lipinski definition) is 3. The van der Waals surface area contributed by atoms with Crippen molar-refractivity contribution < 1.29 is 4.74 Å². The van der Waals surface area contributed by atoms with E-state index in [4.69, 9.17) is 4.74 Å². The summed E-state index contributed by atoms with van der Waals surface area (Å²) in [6.07, 6.45) is 2.42. The van der Waals surface area contributed by atoms with Crippen LogP contribution in [-0.4, -0.2) is 39.9 Å². The third kappa shape index (κ3) is 5.01. The number of nitrogens with zero attached hydrogens (tertiary/aromatic N) is 1. The van der Waals surface area contributed by atoms with Gasteiger partial charge in [0.2, 0.25) is 0 Å². The number of hydrogen-bond donors (Lipinski definition) is 1. The van der Waals surface area contributed by atoms with Crippen molar-refractivity contribution in [1.29, 1.82) is 0 Å². The molecule has 3 nitrogen and oxygen atoms in total. The molecule has 21 heavy (non-hydrogen) atoms. The quantitative estimate of drug-likeness (QED) is 0.835. The van der Waals surface area contributed by atoms with Crippen molar-refractivity contribution in [3.05, 3.63) is 30.3 Å². The smallest absolute Gasteiger partial charge is 0.0551 e. The van der Waals surface area contributed by atoms with Gasteiger partial charge in [-0.3, -0.25) is 0 Å². The van der Waals surface area contributed by atoms with Crippen LogP contribution in [-0.2, 0) is 4.74 Å². The normalized spacial score (nSPS) is 22.5. The molecule has 0 aromatic heterocycles. The van der Waals surface area contributed by atoms with E-state index >= 15 is 0 Å². The molecule has 0 amide bonds. The molecule has 1 saturated heterocycles. The van der Waals surface area contributed by atoms with E-state index in [0.29, 0.717) is 5.92 Å². The molecule has 0 spiro atoms. The summed E-state index contributed by atoms with van der Waals surface area (Å²) in [6, 6.07) is 10.6. The molecule has 0 bridgehead atoms. The van der Waals surface area contributed by atoms with Gasteiger partial charge in [-0.05, 0) is 37.4 Å². The first-order valence-corrected chi connectivity index (χ1v) is 8.16. The Labute approximate surface area is 129 Å². The van der Waals surface area contributed by atoms with E-state index < -0.39 is 0 Å². The summed E-state index contributed by atoms with van der Waals surface area (Å²) in [5.41, 5.74) is 1.52. The summed E-state index contributed by atoms with van der Waals surface area (Å²) in [4.78, 5) is 2.37. The monoisotopic (exact) mass is 290 g/mol. The van der Waals surface area contributed by atoms with Gasteiger partial charge < -0.3 is 15.0 Å². The molecule has 0 radical (unpaired) electrons. The first-order valence-electron chi connectivity index (χ1n) is 8.16. The van der Waals surface area contributed by atoms with E-state index in [1.165, 1.54) is 18.5 Å². The van der Waals surface area contributed by atoms with Crippen LogP contribution in [0.25, 0.3) is 0 Å². The molecule has 118 valence electrons. The molecule has 1 fully saturated rings. The number of nitrogens with one attached hydrogen (secondary N) is 1. The Kier molecular flexibility index (Phi) is 6.07. The van der Waals surface area contributed by atoms with Gasteiger partial charge in [0.05, 0.1) is 6.61 Å². The topological polar surface area (TPSA) is 24.5 Å². The second-order valence-corrected chi connectivity index (χ2v) is 6.87. The SMILES string of the molecule is CC(C)CNCC1(CN(C)c2ccccc2)CCCOC1. The van der Waals surface area contributed by atoms with E-state index in [1.54, 1.807) is 0 Å². The Morgan fingerprint density at radius 3 is 2.67 bits per heavy atom. The number of benzene rings is 1. The van der Waals surface area contributed by atoms with Crippen LogP contribution in [0.15, 0.2) is 30.3 Å². The summed E-state index contributed by atoms with van der Waals surface area (Å²) in [6.45, 7) is 9.47. The molecule has 2 rings (SSSR count). The summed E-state index contributed by atoms with van der Waals surface area (Å²) in [7, 11) is 2.19. The van der Waals surface area contributed by atoms with Gasteiger partial charge in [0.1, 0.15) is 0 Å². The predicted molar refractivity (Wildman–Crippen MR) is 89.9 cm³/mol. The molecule has 1 aromatic rings. The first kappa shape index (κ1) is 16.3. The van der Waals surface area contributed by atoms with Crippen molar-refractivity contribution in [2.45, 2.75) is 26.7 Å². The van der Waals surface area contributed by atoms with E-state index in [1.807, 2.05) is 0 Å². The molecule has 0 saturated carbocycles. The van der Waals surface area contributed by atoms with Gasteiger partial charge in [-0.15, -0.1) is 0 Å². The lowest BCUT2D eigenvalue weighted by Gasteiger charge is -2.41. The molecular formula is C18H30N2O. The zero-order chi connectivity index (χ0) is 15.1. The minimum Gasteiger partial charge on any atom is -0.381 e. The van der Waals surface area contributed by atoms with Crippen molar-refractivity contribution in [2.75, 3.05) is 44.8 Å². The summed E-state index contributed by atoms with van der Waals surface area (Å²) in [5, 5.41) is 3.65. The number of para-hydroxylation sites is 1. The van der Waals surface area contributed by atoms with Gasteiger partial charge in [0.15, 0.2) is 0 Å². The Hall–Kier alpha value is -1.06. The fourth-order valence-electron chi connectivity index (χ4n) is 3.13. The summed E-state index contributed by atoms with van der Waals surface area (Å²) in [5.74, 6) is 0.693. The van der Waals surface area contributed by atoms with Crippen LogP contribution in [0.2, 0.25) is 0 Å². The highest BCUT2D eigenvalue weighted by molar-refractivity contribution is 5.45. The summed E-state index contributed by atoms with van der Waals surface area (Å²) < 4.78 is 5.81. The number of ether oxygens (including phenoxy) is 1. The van der Waals surface area contributed by atoms with Gasteiger partial charge in [-0.25, -0.2) is 0 Å². The van der Waals surface area contributed by atoms with Crippen LogP contribution in [0.1, 0.15) is 26.7 Å². The first-order chi connectivity index (χ1) is 10.1. The van der Waals surface area contributed by atoms with Crippen LogP contribution in [0.5, 0.6) is 0 Å². The minimum atomic E-state index is 0.234. The molecule has 1 N–H and O–H groups in total. The lowest BCUT2D eigenvalue weighted by Crippen LogP contribution is -2.48. The molecule has 1 aromatic carbocycles. The third-order valence-electron chi connectivity index (χ3n) is 4.23. The average molecular weight is 290 g/mol. The van der Waals surface area contributed by atoms with Crippen molar-refractivity contribution in [3.63, 3.8) is 0 Å². The van der Waals surface area contributed by atoms with Gasteiger partial charge in [0, 0.05) is 37.8 Å². The molecule has 1 atom stereocenters. The van der Waals surface area contributed by atoms with E-state index in [9.17, 15) is 0 Å². The second-order valence-electron chi connectivity index (χ2n) is 6.87. The number of rotatable bonds is 7. The lowest BCUT2D eigenvalue weighted by molar-refractivity contribution is -0.00297. The van der Waals surface area contributed by atoms with Crippen LogP contribution in [0.4, 0.5) is 5.69 Å². The van der Waals surface area contributed by atoms with E-state index in [0.717, 1.165) is 32.8 Å². The van der Waals surface area contributed by atoms with E-state index in [2.05, 4.69) is 61.4 Å². The Morgan fingerprint density at radius 2 is 2.05 bits per heavy atom. The van der Waals surface area contributed by atoms with Crippen molar-refractivity contribution >= 4 is 5.69 Å². The highest BCUT2D eigenvalue weighted by Crippen LogP contribution is 2.30. The zero-order valence-electron chi connectivity index (χ0n) is 13.8. The molecule has 3 heteroatoms. The lowest BCUT2D eigenvalue weighted by atomic mass is 9.81. The van der Waals surface area contributed by atoms with Crippen molar-refractivity contribution in [3.8, 4) is 0 Å². The van der Waals surface area contributed by atoms with Crippen LogP contribution in [0, 0.1) is 11.3 Å². The molecule has 1 unspecified atom stereocenters. The van der Waals surface area contributed by atoms with E-state index in [-0.39, 0.29) is 5.41 Å². The summed E-state index contributed by atoms with van der Waals surface area (Å²) >= 11 is 0. The van der Waals surface area contributed by atoms with Gasteiger partial charge >= 0.3 is 0 Å². The fraction of sp³-hybridized carbons (Fsp3) is 0.667.